The molecule has 0 spiro atoms. The first-order valence-electron chi connectivity index (χ1n) is 6.75. The van der Waals surface area contributed by atoms with Crippen LogP contribution in [-0.4, -0.2) is 23.1 Å². The topological polar surface area (TPSA) is 78.6 Å². The summed E-state index contributed by atoms with van der Waals surface area (Å²) in [5.41, 5.74) is 5.23. The second-order valence-electron chi connectivity index (χ2n) is 6.81. The Morgan fingerprint density at radius 1 is 0.905 bits per heavy atom. The van der Waals surface area contributed by atoms with Crippen LogP contribution in [0.5, 0.6) is 0 Å². The van der Waals surface area contributed by atoms with Crippen LogP contribution < -0.4 is 5.73 Å². The lowest BCUT2D eigenvalue weighted by atomic mass is 10.1. The molecule has 0 aliphatic carbocycles. The Hall–Kier alpha value is -2.04. The summed E-state index contributed by atoms with van der Waals surface area (Å²) >= 11 is 0. The number of hydrogen-bond acceptors (Lipinski definition) is 5. The van der Waals surface area contributed by atoms with Gasteiger partial charge in [0.1, 0.15) is 11.2 Å². The number of anilines is 1. The standard InChI is InChI=1S/C16H23NO4/c1-15(2,3)20-13(18)10-7-8-12(17)11(9-10)14(19)21-16(4,5)6/h7-9H,17H2,1-6H3. The summed E-state index contributed by atoms with van der Waals surface area (Å²) in [4.78, 5) is 24.1. The highest BCUT2D eigenvalue weighted by Gasteiger charge is 2.23. The molecule has 1 rings (SSSR count). The zero-order valence-electron chi connectivity index (χ0n) is 13.4. The van der Waals surface area contributed by atoms with Crippen molar-refractivity contribution in [2.24, 2.45) is 0 Å². The van der Waals surface area contributed by atoms with Crippen molar-refractivity contribution in [3.8, 4) is 0 Å². The highest BCUT2D eigenvalue weighted by molar-refractivity contribution is 5.99. The maximum atomic E-state index is 12.1. The van der Waals surface area contributed by atoms with Crippen LogP contribution in [0.1, 0.15) is 62.3 Å². The molecule has 0 aliphatic rings. The van der Waals surface area contributed by atoms with E-state index >= 15 is 0 Å². The van der Waals surface area contributed by atoms with Gasteiger partial charge in [0.15, 0.2) is 0 Å². The molecule has 116 valence electrons. The van der Waals surface area contributed by atoms with Gasteiger partial charge in [0.05, 0.1) is 11.1 Å². The van der Waals surface area contributed by atoms with Gasteiger partial charge in [-0.3, -0.25) is 0 Å². The van der Waals surface area contributed by atoms with Crippen LogP contribution in [0.4, 0.5) is 5.69 Å². The molecule has 0 aromatic heterocycles. The quantitative estimate of drug-likeness (QED) is 0.669. The van der Waals surface area contributed by atoms with Crippen LogP contribution in [0.15, 0.2) is 18.2 Å². The van der Waals surface area contributed by atoms with E-state index in [1.165, 1.54) is 18.2 Å². The van der Waals surface area contributed by atoms with Crippen molar-refractivity contribution in [2.75, 3.05) is 5.73 Å². The van der Waals surface area contributed by atoms with E-state index in [1.54, 1.807) is 41.5 Å². The van der Waals surface area contributed by atoms with E-state index in [2.05, 4.69) is 0 Å². The first-order chi connectivity index (χ1) is 9.39. The number of benzene rings is 1. The lowest BCUT2D eigenvalue weighted by molar-refractivity contribution is 0.00679. The van der Waals surface area contributed by atoms with E-state index in [4.69, 9.17) is 15.2 Å². The average Bonchev–Trinajstić information content (AvgIpc) is 2.24. The van der Waals surface area contributed by atoms with Crippen molar-refractivity contribution in [3.05, 3.63) is 29.3 Å². The molecule has 0 bridgehead atoms. The van der Waals surface area contributed by atoms with Crippen LogP contribution in [0.25, 0.3) is 0 Å². The Morgan fingerprint density at radius 3 is 1.86 bits per heavy atom. The Morgan fingerprint density at radius 2 is 1.38 bits per heavy atom. The largest absolute Gasteiger partial charge is 0.456 e. The van der Waals surface area contributed by atoms with Gasteiger partial charge in [-0.2, -0.15) is 0 Å². The predicted molar refractivity (Wildman–Crippen MR) is 81.2 cm³/mol. The smallest absolute Gasteiger partial charge is 0.340 e. The summed E-state index contributed by atoms with van der Waals surface area (Å²) in [5.74, 6) is -1.07. The molecule has 2 N–H and O–H groups in total. The van der Waals surface area contributed by atoms with Crippen LogP contribution in [-0.2, 0) is 9.47 Å². The molecule has 0 amide bonds. The molecule has 1 aromatic carbocycles. The summed E-state index contributed by atoms with van der Waals surface area (Å²) in [6.45, 7) is 10.6. The van der Waals surface area contributed by atoms with Crippen molar-refractivity contribution < 1.29 is 19.1 Å². The Kier molecular flexibility index (Phi) is 4.66. The number of carbonyl (C=O) groups excluding carboxylic acids is 2. The fourth-order valence-corrected chi connectivity index (χ4v) is 1.53. The van der Waals surface area contributed by atoms with E-state index in [0.717, 1.165) is 0 Å². The molecule has 21 heavy (non-hydrogen) atoms. The minimum Gasteiger partial charge on any atom is -0.456 e. The number of hydrogen-bond donors (Lipinski definition) is 1. The number of rotatable bonds is 2. The van der Waals surface area contributed by atoms with Gasteiger partial charge in [-0.25, -0.2) is 9.59 Å². The third-order valence-electron chi connectivity index (χ3n) is 2.31. The molecule has 0 atom stereocenters. The highest BCUT2D eigenvalue weighted by Crippen LogP contribution is 2.20. The summed E-state index contributed by atoms with van der Waals surface area (Å²) in [5, 5.41) is 0. The number of nitrogen functional groups attached to an aromatic ring is 1. The van der Waals surface area contributed by atoms with Crippen molar-refractivity contribution in [3.63, 3.8) is 0 Å². The molecular weight excluding hydrogens is 270 g/mol. The third kappa shape index (κ3) is 5.45. The normalized spacial score (nSPS) is 11.9. The van der Waals surface area contributed by atoms with Gasteiger partial charge < -0.3 is 15.2 Å². The molecule has 0 radical (unpaired) electrons. The van der Waals surface area contributed by atoms with Gasteiger partial charge in [-0.1, -0.05) is 0 Å². The third-order valence-corrected chi connectivity index (χ3v) is 2.31. The summed E-state index contributed by atoms with van der Waals surface area (Å²) in [6, 6.07) is 4.42. The lowest BCUT2D eigenvalue weighted by Gasteiger charge is -2.21. The first-order valence-corrected chi connectivity index (χ1v) is 6.75. The van der Waals surface area contributed by atoms with Crippen molar-refractivity contribution >= 4 is 17.6 Å². The van der Waals surface area contributed by atoms with Crippen LogP contribution in [0.2, 0.25) is 0 Å². The van der Waals surface area contributed by atoms with E-state index < -0.39 is 23.1 Å². The molecule has 0 saturated heterocycles. The maximum Gasteiger partial charge on any atom is 0.340 e. The van der Waals surface area contributed by atoms with Crippen molar-refractivity contribution in [1.29, 1.82) is 0 Å². The molecule has 0 saturated carbocycles. The molecule has 1 aromatic rings. The molecule has 0 heterocycles. The number of nitrogens with two attached hydrogens (primary N) is 1. The zero-order valence-corrected chi connectivity index (χ0v) is 13.4. The van der Waals surface area contributed by atoms with Crippen molar-refractivity contribution in [2.45, 2.75) is 52.7 Å². The molecular formula is C16H23NO4. The van der Waals surface area contributed by atoms with Crippen LogP contribution in [0.3, 0.4) is 0 Å². The van der Waals surface area contributed by atoms with Crippen molar-refractivity contribution in [1.82, 2.24) is 0 Å². The van der Waals surface area contributed by atoms with Gasteiger partial charge in [-0.05, 0) is 59.7 Å². The molecule has 0 unspecified atom stereocenters. The van der Waals surface area contributed by atoms with Gasteiger partial charge in [0.2, 0.25) is 0 Å². The Bertz CT molecular complexity index is 550. The van der Waals surface area contributed by atoms with E-state index in [-0.39, 0.29) is 16.8 Å². The zero-order chi connectivity index (χ0) is 16.4. The maximum absolute atomic E-state index is 12.1. The average molecular weight is 293 g/mol. The Labute approximate surface area is 125 Å². The van der Waals surface area contributed by atoms with Gasteiger partial charge >= 0.3 is 11.9 Å². The Balaban J connectivity index is 3.05. The number of ether oxygens (including phenoxy) is 2. The number of carbonyl (C=O) groups is 2. The predicted octanol–water partition coefficient (Wildman–Crippen LogP) is 3.18. The molecule has 5 nitrogen and oxygen atoms in total. The fraction of sp³-hybridized carbons (Fsp3) is 0.500. The molecule has 5 heteroatoms. The van der Waals surface area contributed by atoms with Gasteiger partial charge in [-0.15, -0.1) is 0 Å². The summed E-state index contributed by atoms with van der Waals surface area (Å²) in [6.07, 6.45) is 0. The molecule has 0 aliphatic heterocycles. The first kappa shape index (κ1) is 17.0. The van der Waals surface area contributed by atoms with E-state index in [1.807, 2.05) is 0 Å². The number of esters is 2. The monoisotopic (exact) mass is 293 g/mol. The van der Waals surface area contributed by atoms with Crippen LogP contribution in [0, 0.1) is 0 Å². The van der Waals surface area contributed by atoms with Crippen LogP contribution >= 0.6 is 0 Å². The highest BCUT2D eigenvalue weighted by atomic mass is 16.6. The SMILES string of the molecule is CC(C)(C)OC(=O)c1ccc(N)c(C(=O)OC(C)(C)C)c1. The van der Waals surface area contributed by atoms with Gasteiger partial charge in [0, 0.05) is 5.69 Å². The minimum absolute atomic E-state index is 0.160. The lowest BCUT2D eigenvalue weighted by Crippen LogP contribution is -2.26. The summed E-state index contributed by atoms with van der Waals surface area (Å²) in [7, 11) is 0. The van der Waals surface area contributed by atoms with E-state index in [9.17, 15) is 9.59 Å². The van der Waals surface area contributed by atoms with E-state index in [0.29, 0.717) is 0 Å². The minimum atomic E-state index is -0.633. The molecule has 0 fully saturated rings. The fourth-order valence-electron chi connectivity index (χ4n) is 1.53. The second kappa shape index (κ2) is 5.76. The van der Waals surface area contributed by atoms with Gasteiger partial charge in [0.25, 0.3) is 0 Å². The summed E-state index contributed by atoms with van der Waals surface area (Å²) < 4.78 is 10.5. The second-order valence-corrected chi connectivity index (χ2v) is 6.81.